The molecule has 1 rings (SSSR count). The lowest BCUT2D eigenvalue weighted by atomic mass is 9.98. The zero-order valence-electron chi connectivity index (χ0n) is 59.4. The van der Waals surface area contributed by atoms with Crippen molar-refractivity contribution in [2.45, 2.75) is 461 Å². The van der Waals surface area contributed by atoms with Crippen LogP contribution in [0.5, 0.6) is 0 Å². The number of carbonyl (C=O) groups excluding carboxylic acids is 1. The normalized spacial score (nSPS) is 18.5. The second-order valence-electron chi connectivity index (χ2n) is 28.1. The van der Waals surface area contributed by atoms with Crippen molar-refractivity contribution in [3.63, 3.8) is 0 Å². The number of allylic oxidation sites excluding steroid dienone is 4. The predicted molar refractivity (Wildman–Crippen MR) is 381 cm³/mol. The summed E-state index contributed by atoms with van der Waals surface area (Å²) in [7, 11) is 0. The first kappa shape index (κ1) is 86.6. The number of hydrogen-bond donors (Lipinski definition) is 8. The molecule has 1 heterocycles. The molecule has 11 nitrogen and oxygen atoms in total. The average molecular weight is 1280 g/mol. The van der Waals surface area contributed by atoms with E-state index in [-0.39, 0.29) is 6.42 Å². The van der Waals surface area contributed by atoms with Gasteiger partial charge in [0.1, 0.15) is 36.6 Å². The van der Waals surface area contributed by atoms with E-state index in [1.54, 1.807) is 0 Å². The van der Waals surface area contributed by atoms with Crippen molar-refractivity contribution in [1.82, 2.24) is 5.32 Å². The van der Waals surface area contributed by atoms with Gasteiger partial charge in [-0.3, -0.25) is 4.79 Å². The second-order valence-corrected chi connectivity index (χ2v) is 28.1. The highest BCUT2D eigenvalue weighted by Crippen LogP contribution is 2.24. The van der Waals surface area contributed by atoms with Crippen LogP contribution in [0.4, 0.5) is 0 Å². The molecule has 0 saturated carbocycles. The summed E-state index contributed by atoms with van der Waals surface area (Å²) in [4.78, 5) is 13.3. The minimum Gasteiger partial charge on any atom is -0.394 e. The molecule has 0 spiro atoms. The van der Waals surface area contributed by atoms with Gasteiger partial charge in [0.15, 0.2) is 6.29 Å². The van der Waals surface area contributed by atoms with Gasteiger partial charge in [0.2, 0.25) is 5.91 Å². The molecule has 0 aromatic carbocycles. The number of aliphatic hydroxyl groups excluding tert-OH is 7. The Morgan fingerprint density at radius 3 is 0.989 bits per heavy atom. The summed E-state index contributed by atoms with van der Waals surface area (Å²) in [5.41, 5.74) is 0. The van der Waals surface area contributed by atoms with E-state index in [0.29, 0.717) is 19.3 Å². The van der Waals surface area contributed by atoms with Crippen LogP contribution in [-0.2, 0) is 14.3 Å². The maximum atomic E-state index is 13.3. The third-order valence-electron chi connectivity index (χ3n) is 19.5. The van der Waals surface area contributed by atoms with E-state index in [9.17, 15) is 40.5 Å². The number of hydrogen-bond acceptors (Lipinski definition) is 10. The van der Waals surface area contributed by atoms with Crippen LogP contribution >= 0.6 is 0 Å². The average Bonchev–Trinajstić information content (AvgIpc) is 1.69. The van der Waals surface area contributed by atoms with E-state index in [1.165, 1.54) is 321 Å². The summed E-state index contributed by atoms with van der Waals surface area (Å²) in [6, 6.07) is -1.17. The number of aliphatic hydroxyl groups is 7. The maximum absolute atomic E-state index is 13.3. The monoisotopic (exact) mass is 1280 g/mol. The summed E-state index contributed by atoms with van der Waals surface area (Å²) in [5.74, 6) is -0.689. The van der Waals surface area contributed by atoms with E-state index in [0.717, 1.165) is 44.9 Å². The molecule has 1 amide bonds. The van der Waals surface area contributed by atoms with E-state index >= 15 is 0 Å². The Bertz CT molecular complexity index is 1510. The standard InChI is InChI=1S/C79H153NO10/c1-3-5-7-9-11-13-15-17-19-21-23-25-27-29-30-31-32-33-34-35-36-37-38-39-40-41-43-45-47-49-51-53-55-57-59-61-63-65-67-72(83)78(88)80-70(69-89-79-77(87)76(86)75(85)73(68-81)90-79)74(84)71(82)66-64-62-60-58-56-54-52-50-48-46-44-42-28-26-24-22-20-18-16-14-12-10-8-6-4-2/h32-33,35-36,70-77,79,81-87H,3-31,34,37-69H2,1-2H3,(H,80,88)/b33-32-,36-35-. The number of nitrogens with one attached hydrogen (secondary N) is 1. The third kappa shape index (κ3) is 53.8. The van der Waals surface area contributed by atoms with Gasteiger partial charge in [-0.2, -0.15) is 0 Å². The van der Waals surface area contributed by atoms with Crippen molar-refractivity contribution in [3.05, 3.63) is 24.3 Å². The van der Waals surface area contributed by atoms with Crippen LogP contribution in [0.15, 0.2) is 24.3 Å². The number of carbonyl (C=O) groups is 1. The van der Waals surface area contributed by atoms with Crippen LogP contribution in [0, 0.1) is 0 Å². The largest absolute Gasteiger partial charge is 0.394 e. The van der Waals surface area contributed by atoms with Crippen molar-refractivity contribution in [2.75, 3.05) is 13.2 Å². The Morgan fingerprint density at radius 2 is 0.678 bits per heavy atom. The lowest BCUT2D eigenvalue weighted by molar-refractivity contribution is -0.303. The summed E-state index contributed by atoms with van der Waals surface area (Å²) in [6.45, 7) is 3.53. The molecule has 0 bridgehead atoms. The molecule has 0 radical (unpaired) electrons. The van der Waals surface area contributed by atoms with E-state index in [1.807, 2.05) is 0 Å². The van der Waals surface area contributed by atoms with Crippen LogP contribution < -0.4 is 5.32 Å². The molecule has 1 fully saturated rings. The van der Waals surface area contributed by atoms with Crippen LogP contribution in [-0.4, -0.2) is 110 Å². The van der Waals surface area contributed by atoms with Gasteiger partial charge in [0.05, 0.1) is 25.4 Å². The molecule has 90 heavy (non-hydrogen) atoms. The molecule has 9 unspecified atom stereocenters. The lowest BCUT2D eigenvalue weighted by Gasteiger charge is -2.40. The van der Waals surface area contributed by atoms with Gasteiger partial charge in [-0.1, -0.05) is 385 Å². The highest BCUT2D eigenvalue weighted by Gasteiger charge is 2.44. The van der Waals surface area contributed by atoms with Crippen molar-refractivity contribution in [3.8, 4) is 0 Å². The number of rotatable bonds is 71. The molecule has 1 aliphatic heterocycles. The van der Waals surface area contributed by atoms with Crippen molar-refractivity contribution >= 4 is 5.91 Å². The van der Waals surface area contributed by atoms with E-state index < -0.39 is 74.2 Å². The predicted octanol–water partition coefficient (Wildman–Crippen LogP) is 20.3. The molecule has 0 aromatic heterocycles. The molecule has 0 aliphatic carbocycles. The second kappa shape index (κ2) is 67.6. The van der Waals surface area contributed by atoms with Crippen molar-refractivity contribution in [2.24, 2.45) is 0 Å². The minimum atomic E-state index is -1.66. The van der Waals surface area contributed by atoms with Crippen LogP contribution in [0.2, 0.25) is 0 Å². The van der Waals surface area contributed by atoms with Crippen LogP contribution in [0.3, 0.4) is 0 Å². The molecule has 9 atom stereocenters. The molecular formula is C79H153NO10. The first-order chi connectivity index (χ1) is 44.2. The quantitative estimate of drug-likeness (QED) is 0.0215. The van der Waals surface area contributed by atoms with Gasteiger partial charge in [-0.25, -0.2) is 0 Å². The van der Waals surface area contributed by atoms with Crippen molar-refractivity contribution in [1.29, 1.82) is 0 Å². The fourth-order valence-electron chi connectivity index (χ4n) is 13.2. The lowest BCUT2D eigenvalue weighted by Crippen LogP contribution is -2.60. The molecule has 0 aromatic rings. The smallest absolute Gasteiger partial charge is 0.249 e. The van der Waals surface area contributed by atoms with E-state index in [2.05, 4.69) is 43.5 Å². The Kier molecular flexibility index (Phi) is 65.0. The van der Waals surface area contributed by atoms with E-state index in [4.69, 9.17) is 9.47 Å². The fourth-order valence-corrected chi connectivity index (χ4v) is 13.2. The van der Waals surface area contributed by atoms with Gasteiger partial charge in [0, 0.05) is 0 Å². The fraction of sp³-hybridized carbons (Fsp3) is 0.937. The molecule has 1 saturated heterocycles. The molecule has 534 valence electrons. The Labute approximate surface area is 556 Å². The first-order valence-electron chi connectivity index (χ1n) is 39.7. The number of ether oxygens (including phenoxy) is 2. The Balaban J connectivity index is 2.12. The number of unbranched alkanes of at least 4 members (excludes halogenated alkanes) is 55. The summed E-state index contributed by atoms with van der Waals surface area (Å²) < 4.78 is 11.2. The van der Waals surface area contributed by atoms with Gasteiger partial charge < -0.3 is 50.5 Å². The third-order valence-corrected chi connectivity index (χ3v) is 19.5. The topological polar surface area (TPSA) is 189 Å². The van der Waals surface area contributed by atoms with Crippen molar-refractivity contribution < 1.29 is 50.0 Å². The van der Waals surface area contributed by atoms with Gasteiger partial charge in [-0.05, 0) is 44.9 Å². The van der Waals surface area contributed by atoms with Gasteiger partial charge >= 0.3 is 0 Å². The number of amides is 1. The summed E-state index contributed by atoms with van der Waals surface area (Å²) in [5, 5.41) is 76.7. The summed E-state index contributed by atoms with van der Waals surface area (Å²) >= 11 is 0. The molecule has 11 heteroatoms. The Morgan fingerprint density at radius 1 is 0.389 bits per heavy atom. The molecular weight excluding hydrogens is 1120 g/mol. The highest BCUT2D eigenvalue weighted by atomic mass is 16.7. The van der Waals surface area contributed by atoms with Gasteiger partial charge in [-0.15, -0.1) is 0 Å². The summed E-state index contributed by atoms with van der Waals surface area (Å²) in [6.07, 6.45) is 75.8. The minimum absolute atomic E-state index is 0.263. The Hall–Kier alpha value is -1.41. The SMILES string of the molecule is CCCCCCCCCCCCCCCCC/C=C\C/C=C\CCCCCCCCCCCCCCCCCCC(O)C(=O)NC(COC1OC(CO)C(O)C(O)C1O)C(O)C(O)CCCCCCCCCCCCCCCCCCCCCCCCCCC. The van der Waals surface area contributed by atoms with Gasteiger partial charge in [0.25, 0.3) is 0 Å². The highest BCUT2D eigenvalue weighted by molar-refractivity contribution is 5.80. The van der Waals surface area contributed by atoms with Crippen LogP contribution in [0.1, 0.15) is 406 Å². The molecule has 8 N–H and O–H groups in total. The first-order valence-corrected chi connectivity index (χ1v) is 39.7. The molecule has 1 aliphatic rings. The zero-order chi connectivity index (χ0) is 65.3. The zero-order valence-corrected chi connectivity index (χ0v) is 59.4. The van der Waals surface area contributed by atoms with Crippen LogP contribution in [0.25, 0.3) is 0 Å². The maximum Gasteiger partial charge on any atom is 0.249 e.